The molecule has 0 aliphatic carbocycles. The Labute approximate surface area is 114 Å². The van der Waals surface area contributed by atoms with Crippen molar-refractivity contribution in [3.63, 3.8) is 0 Å². The van der Waals surface area contributed by atoms with Crippen LogP contribution < -0.4 is 0 Å². The van der Waals surface area contributed by atoms with Gasteiger partial charge in [0.2, 0.25) is 0 Å². The molecule has 0 spiro atoms. The van der Waals surface area contributed by atoms with Crippen LogP contribution in [-0.4, -0.2) is 28.9 Å². The van der Waals surface area contributed by atoms with E-state index < -0.39 is 0 Å². The molecule has 2 aromatic rings. The van der Waals surface area contributed by atoms with Gasteiger partial charge in [-0.15, -0.1) is 11.3 Å². The Morgan fingerprint density at radius 1 is 1.44 bits per heavy atom. The van der Waals surface area contributed by atoms with Crippen molar-refractivity contribution >= 4 is 28.8 Å². The quantitative estimate of drug-likeness (QED) is 0.846. The Bertz CT molecular complexity index is 563. The number of amides is 1. The predicted molar refractivity (Wildman–Crippen MR) is 72.2 cm³/mol. The molecule has 1 aliphatic heterocycles. The average molecular weight is 279 g/mol. The maximum Gasteiger partial charge on any atom is 0.265 e. The van der Waals surface area contributed by atoms with Crippen molar-refractivity contribution in [2.24, 2.45) is 0 Å². The Morgan fingerprint density at radius 2 is 2.28 bits per heavy atom. The number of carbonyl (C=O) groups excluding carboxylic acids is 1. The third-order valence-corrected chi connectivity index (χ3v) is 4.47. The van der Waals surface area contributed by atoms with E-state index in [1.807, 2.05) is 22.5 Å². The summed E-state index contributed by atoms with van der Waals surface area (Å²) in [7, 11) is 0. The molecule has 3 heterocycles. The van der Waals surface area contributed by atoms with E-state index in [0.29, 0.717) is 15.8 Å². The van der Waals surface area contributed by atoms with Gasteiger partial charge in [0.1, 0.15) is 4.88 Å². The molecule has 3 nitrogen and oxygen atoms in total. The zero-order valence-corrected chi connectivity index (χ0v) is 11.1. The van der Waals surface area contributed by atoms with Crippen LogP contribution in [0.25, 0.3) is 0 Å². The topological polar surface area (TPSA) is 33.2 Å². The molecule has 2 aromatic heterocycles. The van der Waals surface area contributed by atoms with Crippen LogP contribution >= 0.6 is 22.9 Å². The third-order valence-electron chi connectivity index (χ3n) is 3.14. The molecule has 0 unspecified atom stereocenters. The van der Waals surface area contributed by atoms with Crippen LogP contribution in [0.2, 0.25) is 5.02 Å². The van der Waals surface area contributed by atoms with E-state index in [9.17, 15) is 4.79 Å². The summed E-state index contributed by atoms with van der Waals surface area (Å²) < 4.78 is 0. The van der Waals surface area contributed by atoms with Crippen molar-refractivity contribution in [3.05, 3.63) is 51.4 Å². The number of carbonyl (C=O) groups is 1. The van der Waals surface area contributed by atoms with Gasteiger partial charge in [-0.05, 0) is 23.1 Å². The Balaban J connectivity index is 1.66. The summed E-state index contributed by atoms with van der Waals surface area (Å²) in [6, 6.07) is 5.74. The van der Waals surface area contributed by atoms with Gasteiger partial charge >= 0.3 is 0 Å². The summed E-state index contributed by atoms with van der Waals surface area (Å²) >= 11 is 7.36. The third kappa shape index (κ3) is 2.02. The fourth-order valence-corrected chi connectivity index (χ4v) is 3.17. The van der Waals surface area contributed by atoms with Crippen molar-refractivity contribution in [3.8, 4) is 0 Å². The van der Waals surface area contributed by atoms with Gasteiger partial charge in [-0.2, -0.15) is 0 Å². The molecule has 0 bridgehead atoms. The number of rotatable bonds is 2. The lowest BCUT2D eigenvalue weighted by Crippen LogP contribution is -2.48. The summed E-state index contributed by atoms with van der Waals surface area (Å²) in [6.45, 7) is 1.50. The van der Waals surface area contributed by atoms with Crippen molar-refractivity contribution in [2.75, 3.05) is 13.1 Å². The minimum absolute atomic E-state index is 0.0372. The van der Waals surface area contributed by atoms with E-state index in [2.05, 4.69) is 11.1 Å². The van der Waals surface area contributed by atoms with Crippen LogP contribution in [0.5, 0.6) is 0 Å². The SMILES string of the molecule is O=C(c1sccc1Cl)N1CC(c2cccnc2)C1. The molecule has 92 valence electrons. The van der Waals surface area contributed by atoms with Gasteiger partial charge in [0.15, 0.2) is 0 Å². The van der Waals surface area contributed by atoms with Crippen molar-refractivity contribution in [1.29, 1.82) is 0 Å². The fraction of sp³-hybridized carbons (Fsp3) is 0.231. The molecular weight excluding hydrogens is 268 g/mol. The second-order valence-corrected chi connectivity index (χ2v) is 5.61. The fourth-order valence-electron chi connectivity index (χ4n) is 2.06. The van der Waals surface area contributed by atoms with Gasteiger partial charge in [0.05, 0.1) is 5.02 Å². The Hall–Kier alpha value is -1.39. The first-order valence-electron chi connectivity index (χ1n) is 5.68. The number of likely N-dealkylation sites (tertiary alicyclic amines) is 1. The summed E-state index contributed by atoms with van der Waals surface area (Å²) in [5.41, 5.74) is 1.19. The molecule has 0 N–H and O–H groups in total. The minimum atomic E-state index is 0.0372. The van der Waals surface area contributed by atoms with Crippen LogP contribution in [0.1, 0.15) is 21.2 Å². The van der Waals surface area contributed by atoms with E-state index in [1.165, 1.54) is 16.9 Å². The van der Waals surface area contributed by atoms with Crippen LogP contribution in [0.3, 0.4) is 0 Å². The Morgan fingerprint density at radius 3 is 2.89 bits per heavy atom. The zero-order valence-electron chi connectivity index (χ0n) is 9.54. The maximum absolute atomic E-state index is 12.1. The molecule has 0 aromatic carbocycles. The highest BCUT2D eigenvalue weighted by atomic mass is 35.5. The van der Waals surface area contributed by atoms with Crippen LogP contribution in [0.4, 0.5) is 0 Å². The van der Waals surface area contributed by atoms with Crippen LogP contribution in [-0.2, 0) is 0 Å². The molecule has 1 aliphatic rings. The lowest BCUT2D eigenvalue weighted by molar-refractivity contribution is 0.0607. The summed E-state index contributed by atoms with van der Waals surface area (Å²) in [4.78, 5) is 18.7. The molecule has 1 fully saturated rings. The van der Waals surface area contributed by atoms with Crippen molar-refractivity contribution in [2.45, 2.75) is 5.92 Å². The van der Waals surface area contributed by atoms with Crippen molar-refractivity contribution in [1.82, 2.24) is 9.88 Å². The summed E-state index contributed by atoms with van der Waals surface area (Å²) in [5.74, 6) is 0.441. The van der Waals surface area contributed by atoms with E-state index >= 15 is 0 Å². The maximum atomic E-state index is 12.1. The highest BCUT2D eigenvalue weighted by Crippen LogP contribution is 2.31. The first-order chi connectivity index (χ1) is 8.75. The highest BCUT2D eigenvalue weighted by molar-refractivity contribution is 7.12. The molecule has 0 radical (unpaired) electrons. The van der Waals surface area contributed by atoms with Gasteiger partial charge in [0.25, 0.3) is 5.91 Å². The van der Waals surface area contributed by atoms with Gasteiger partial charge < -0.3 is 4.90 Å². The smallest absolute Gasteiger partial charge is 0.265 e. The largest absolute Gasteiger partial charge is 0.337 e. The van der Waals surface area contributed by atoms with Gasteiger partial charge in [-0.1, -0.05) is 17.7 Å². The normalized spacial score (nSPS) is 15.5. The van der Waals surface area contributed by atoms with E-state index in [4.69, 9.17) is 11.6 Å². The van der Waals surface area contributed by atoms with E-state index in [0.717, 1.165) is 13.1 Å². The number of pyridine rings is 1. The van der Waals surface area contributed by atoms with E-state index in [1.54, 1.807) is 12.3 Å². The lowest BCUT2D eigenvalue weighted by atomic mass is 9.92. The van der Waals surface area contributed by atoms with Crippen LogP contribution in [0.15, 0.2) is 36.0 Å². The number of thiophene rings is 1. The molecule has 1 amide bonds. The molecule has 3 rings (SSSR count). The average Bonchev–Trinajstić information content (AvgIpc) is 2.75. The molecular formula is C13H11ClN2OS. The monoisotopic (exact) mass is 278 g/mol. The first-order valence-corrected chi connectivity index (χ1v) is 6.93. The molecule has 0 atom stereocenters. The second-order valence-electron chi connectivity index (χ2n) is 4.29. The zero-order chi connectivity index (χ0) is 12.5. The summed E-state index contributed by atoms with van der Waals surface area (Å²) in [6.07, 6.45) is 3.63. The Kier molecular flexibility index (Phi) is 3.06. The van der Waals surface area contributed by atoms with Crippen LogP contribution in [0, 0.1) is 0 Å². The summed E-state index contributed by atoms with van der Waals surface area (Å²) in [5, 5.41) is 2.39. The van der Waals surface area contributed by atoms with E-state index in [-0.39, 0.29) is 5.91 Å². The van der Waals surface area contributed by atoms with Gasteiger partial charge in [-0.3, -0.25) is 9.78 Å². The number of aromatic nitrogens is 1. The molecule has 0 saturated carbocycles. The molecule has 5 heteroatoms. The number of halogens is 1. The molecule has 18 heavy (non-hydrogen) atoms. The lowest BCUT2D eigenvalue weighted by Gasteiger charge is -2.39. The van der Waals surface area contributed by atoms with Crippen molar-refractivity contribution < 1.29 is 4.79 Å². The van der Waals surface area contributed by atoms with Gasteiger partial charge in [-0.25, -0.2) is 0 Å². The number of nitrogens with zero attached hydrogens (tertiary/aromatic N) is 2. The first kappa shape index (κ1) is 11.7. The number of hydrogen-bond acceptors (Lipinski definition) is 3. The highest BCUT2D eigenvalue weighted by Gasteiger charge is 2.33. The standard InChI is InChI=1S/C13H11ClN2OS/c14-11-3-5-18-12(11)13(17)16-7-10(8-16)9-2-1-4-15-6-9/h1-6,10H,7-8H2. The second kappa shape index (κ2) is 4.71. The predicted octanol–water partition coefficient (Wildman–Crippen LogP) is 3.04. The molecule has 1 saturated heterocycles. The number of hydrogen-bond donors (Lipinski definition) is 0. The van der Waals surface area contributed by atoms with Gasteiger partial charge in [0, 0.05) is 31.4 Å². The minimum Gasteiger partial charge on any atom is -0.337 e.